The van der Waals surface area contributed by atoms with Crippen LogP contribution < -0.4 is 5.73 Å². The molecule has 0 aromatic heterocycles. The maximum absolute atomic E-state index is 5.93. The van der Waals surface area contributed by atoms with E-state index in [0.29, 0.717) is 6.04 Å². The fourth-order valence-corrected chi connectivity index (χ4v) is 2.64. The first kappa shape index (κ1) is 15.9. The minimum Gasteiger partial charge on any atom is -0.374 e. The third kappa shape index (κ3) is 5.68. The van der Waals surface area contributed by atoms with Gasteiger partial charge in [-0.15, -0.1) is 0 Å². The molecule has 1 aliphatic rings. The molecule has 108 valence electrons. The van der Waals surface area contributed by atoms with Gasteiger partial charge in [-0.3, -0.25) is 4.90 Å². The Morgan fingerprint density at radius 1 is 1.22 bits per heavy atom. The van der Waals surface area contributed by atoms with Crippen molar-refractivity contribution in [2.24, 2.45) is 5.73 Å². The highest BCUT2D eigenvalue weighted by Gasteiger charge is 2.25. The highest BCUT2D eigenvalue weighted by Crippen LogP contribution is 2.16. The number of nitrogens with two attached hydrogens (primary N) is 1. The predicted octanol–water partition coefficient (Wildman–Crippen LogP) is 2.78. The molecule has 0 aliphatic carbocycles. The summed E-state index contributed by atoms with van der Waals surface area (Å²) in [5, 5.41) is 0. The molecule has 3 nitrogen and oxygen atoms in total. The summed E-state index contributed by atoms with van der Waals surface area (Å²) in [6.07, 6.45) is 8.40. The molecule has 1 fully saturated rings. The molecule has 0 amide bonds. The van der Waals surface area contributed by atoms with E-state index in [9.17, 15) is 0 Å². The van der Waals surface area contributed by atoms with Gasteiger partial charge in [0.05, 0.1) is 12.7 Å². The van der Waals surface area contributed by atoms with Crippen molar-refractivity contribution < 1.29 is 4.74 Å². The lowest BCUT2D eigenvalue weighted by Gasteiger charge is -2.38. The van der Waals surface area contributed by atoms with Crippen LogP contribution in [0.5, 0.6) is 0 Å². The zero-order chi connectivity index (χ0) is 13.4. The van der Waals surface area contributed by atoms with Crippen LogP contribution in [0.25, 0.3) is 0 Å². The normalized spacial score (nSPS) is 25.0. The Morgan fingerprint density at radius 3 is 2.61 bits per heavy atom. The molecule has 3 atom stereocenters. The Labute approximate surface area is 113 Å². The lowest BCUT2D eigenvalue weighted by atomic mass is 10.0. The highest BCUT2D eigenvalue weighted by molar-refractivity contribution is 4.80. The first-order chi connectivity index (χ1) is 8.65. The summed E-state index contributed by atoms with van der Waals surface area (Å²) in [6, 6.07) is 0.821. The molecular weight excluding hydrogens is 224 g/mol. The summed E-state index contributed by atoms with van der Waals surface area (Å²) >= 11 is 0. The van der Waals surface area contributed by atoms with E-state index in [4.69, 9.17) is 10.5 Å². The van der Waals surface area contributed by atoms with E-state index in [0.717, 1.165) is 19.7 Å². The van der Waals surface area contributed by atoms with Gasteiger partial charge in [-0.2, -0.15) is 0 Å². The van der Waals surface area contributed by atoms with Gasteiger partial charge in [0.15, 0.2) is 0 Å². The molecule has 0 aromatic rings. The summed E-state index contributed by atoms with van der Waals surface area (Å²) in [4.78, 5) is 2.55. The van der Waals surface area contributed by atoms with Gasteiger partial charge in [-0.25, -0.2) is 0 Å². The van der Waals surface area contributed by atoms with Crippen LogP contribution in [-0.2, 0) is 4.74 Å². The predicted molar refractivity (Wildman–Crippen MR) is 77.8 cm³/mol. The minimum absolute atomic E-state index is 0.143. The number of hydrogen-bond donors (Lipinski definition) is 1. The van der Waals surface area contributed by atoms with Crippen molar-refractivity contribution in [1.29, 1.82) is 0 Å². The van der Waals surface area contributed by atoms with Crippen molar-refractivity contribution in [1.82, 2.24) is 4.90 Å². The van der Waals surface area contributed by atoms with Gasteiger partial charge in [-0.05, 0) is 20.3 Å². The molecular formula is C15H32N2O. The molecule has 2 N–H and O–H groups in total. The van der Waals surface area contributed by atoms with Crippen LogP contribution in [0.4, 0.5) is 0 Å². The maximum Gasteiger partial charge on any atom is 0.0850 e. The van der Waals surface area contributed by atoms with E-state index in [-0.39, 0.29) is 12.1 Å². The third-order valence-corrected chi connectivity index (χ3v) is 4.06. The SMILES string of the molecule is CCCCCCCC(C)N1CCOC(C(C)N)C1. The number of hydrogen-bond acceptors (Lipinski definition) is 3. The number of nitrogens with zero attached hydrogens (tertiary/aromatic N) is 1. The Morgan fingerprint density at radius 2 is 1.94 bits per heavy atom. The Kier molecular flexibility index (Phi) is 7.87. The first-order valence-corrected chi connectivity index (χ1v) is 7.76. The van der Waals surface area contributed by atoms with Gasteiger partial charge in [0, 0.05) is 25.2 Å². The standard InChI is InChI=1S/C15H32N2O/c1-4-5-6-7-8-9-13(2)17-10-11-18-15(12-17)14(3)16/h13-15H,4-12,16H2,1-3H3. The number of unbranched alkanes of at least 4 members (excludes halogenated alkanes) is 4. The van der Waals surface area contributed by atoms with E-state index in [1.165, 1.54) is 38.5 Å². The molecule has 0 bridgehead atoms. The number of ether oxygens (including phenoxy) is 1. The van der Waals surface area contributed by atoms with Crippen molar-refractivity contribution in [2.75, 3.05) is 19.7 Å². The van der Waals surface area contributed by atoms with Crippen LogP contribution in [0.15, 0.2) is 0 Å². The Hall–Kier alpha value is -0.120. The van der Waals surface area contributed by atoms with E-state index in [1.807, 2.05) is 6.92 Å². The molecule has 1 rings (SSSR count). The largest absolute Gasteiger partial charge is 0.374 e. The second kappa shape index (κ2) is 8.89. The topological polar surface area (TPSA) is 38.5 Å². The number of rotatable bonds is 8. The zero-order valence-electron chi connectivity index (χ0n) is 12.5. The molecule has 1 saturated heterocycles. The lowest BCUT2D eigenvalue weighted by molar-refractivity contribution is -0.0504. The lowest BCUT2D eigenvalue weighted by Crippen LogP contribution is -2.52. The van der Waals surface area contributed by atoms with Gasteiger partial charge in [0.1, 0.15) is 0 Å². The molecule has 0 radical (unpaired) electrons. The van der Waals surface area contributed by atoms with Crippen LogP contribution >= 0.6 is 0 Å². The second-order valence-electron chi connectivity index (χ2n) is 5.82. The summed E-state index contributed by atoms with van der Waals surface area (Å²) in [6.45, 7) is 9.58. The van der Waals surface area contributed by atoms with E-state index in [1.54, 1.807) is 0 Å². The zero-order valence-corrected chi connectivity index (χ0v) is 12.5. The van der Waals surface area contributed by atoms with Gasteiger partial charge in [0.2, 0.25) is 0 Å². The van der Waals surface area contributed by atoms with Crippen molar-refractivity contribution >= 4 is 0 Å². The van der Waals surface area contributed by atoms with Crippen LogP contribution in [0.3, 0.4) is 0 Å². The maximum atomic E-state index is 5.93. The van der Waals surface area contributed by atoms with E-state index >= 15 is 0 Å². The van der Waals surface area contributed by atoms with Crippen molar-refractivity contribution in [3.63, 3.8) is 0 Å². The average Bonchev–Trinajstić information content (AvgIpc) is 2.38. The van der Waals surface area contributed by atoms with Crippen molar-refractivity contribution in [2.45, 2.75) is 77.5 Å². The summed E-state index contributed by atoms with van der Waals surface area (Å²) < 4.78 is 5.71. The summed E-state index contributed by atoms with van der Waals surface area (Å²) in [5.74, 6) is 0. The fourth-order valence-electron chi connectivity index (χ4n) is 2.64. The summed E-state index contributed by atoms with van der Waals surface area (Å²) in [5.41, 5.74) is 5.93. The smallest absolute Gasteiger partial charge is 0.0850 e. The van der Waals surface area contributed by atoms with Gasteiger partial charge >= 0.3 is 0 Å². The summed E-state index contributed by atoms with van der Waals surface area (Å²) in [7, 11) is 0. The number of morpholine rings is 1. The Bertz CT molecular complexity index is 209. The molecule has 1 heterocycles. The quantitative estimate of drug-likeness (QED) is 0.679. The molecule has 0 spiro atoms. The van der Waals surface area contributed by atoms with Gasteiger partial charge in [-0.1, -0.05) is 39.0 Å². The molecule has 0 saturated carbocycles. The molecule has 3 unspecified atom stereocenters. The second-order valence-corrected chi connectivity index (χ2v) is 5.82. The van der Waals surface area contributed by atoms with E-state index < -0.39 is 0 Å². The third-order valence-electron chi connectivity index (χ3n) is 4.06. The van der Waals surface area contributed by atoms with Crippen molar-refractivity contribution in [3.05, 3.63) is 0 Å². The molecule has 0 aromatic carbocycles. The molecule has 1 aliphatic heterocycles. The minimum atomic E-state index is 0.143. The molecule has 3 heteroatoms. The van der Waals surface area contributed by atoms with Gasteiger partial charge in [0.25, 0.3) is 0 Å². The average molecular weight is 256 g/mol. The monoisotopic (exact) mass is 256 g/mol. The van der Waals surface area contributed by atoms with Crippen LogP contribution in [0.1, 0.15) is 59.3 Å². The fraction of sp³-hybridized carbons (Fsp3) is 1.00. The van der Waals surface area contributed by atoms with Crippen LogP contribution in [0.2, 0.25) is 0 Å². The first-order valence-electron chi connectivity index (χ1n) is 7.76. The van der Waals surface area contributed by atoms with Gasteiger partial charge < -0.3 is 10.5 Å². The van der Waals surface area contributed by atoms with Crippen LogP contribution in [0, 0.1) is 0 Å². The highest BCUT2D eigenvalue weighted by atomic mass is 16.5. The molecule has 18 heavy (non-hydrogen) atoms. The Balaban J connectivity index is 2.18. The van der Waals surface area contributed by atoms with E-state index in [2.05, 4.69) is 18.7 Å². The van der Waals surface area contributed by atoms with Crippen LogP contribution in [-0.4, -0.2) is 42.8 Å². The van der Waals surface area contributed by atoms with Crippen molar-refractivity contribution in [3.8, 4) is 0 Å².